The zero-order valence-electron chi connectivity index (χ0n) is 13.8. The van der Waals surface area contributed by atoms with E-state index < -0.39 is 0 Å². The Bertz CT molecular complexity index is 738. The van der Waals surface area contributed by atoms with Crippen LogP contribution in [-0.2, 0) is 6.54 Å². The topological polar surface area (TPSA) is 37.3 Å². The standard InChI is InChI=1S/C18H22ClN3O/c1-4-16-17-8-6-13(3)21(17)9-10-22(16)18(23)20-15-7-5-12(2)11-14(15)19/h5-8,11,16H,4,9-10H2,1-3H3,(H,20,23). The van der Waals surface area contributed by atoms with Crippen molar-refractivity contribution in [2.75, 3.05) is 11.9 Å². The van der Waals surface area contributed by atoms with E-state index in [1.165, 1.54) is 11.4 Å². The predicted molar refractivity (Wildman–Crippen MR) is 94.1 cm³/mol. The minimum atomic E-state index is -0.0901. The first-order valence-electron chi connectivity index (χ1n) is 8.01. The summed E-state index contributed by atoms with van der Waals surface area (Å²) >= 11 is 6.23. The third-order valence-electron chi connectivity index (χ3n) is 4.53. The highest BCUT2D eigenvalue weighted by Crippen LogP contribution is 2.31. The van der Waals surface area contributed by atoms with Crippen LogP contribution in [0.15, 0.2) is 30.3 Å². The first-order valence-corrected chi connectivity index (χ1v) is 8.39. The van der Waals surface area contributed by atoms with Gasteiger partial charge in [0.15, 0.2) is 0 Å². The lowest BCUT2D eigenvalue weighted by molar-refractivity contribution is 0.165. The number of rotatable bonds is 2. The highest BCUT2D eigenvalue weighted by Gasteiger charge is 2.30. The van der Waals surface area contributed by atoms with Crippen molar-refractivity contribution in [3.8, 4) is 0 Å². The number of halogens is 1. The molecule has 0 spiro atoms. The van der Waals surface area contributed by atoms with Crippen molar-refractivity contribution in [2.24, 2.45) is 0 Å². The summed E-state index contributed by atoms with van der Waals surface area (Å²) in [5, 5.41) is 3.53. The van der Waals surface area contributed by atoms with E-state index in [0.29, 0.717) is 17.3 Å². The Kier molecular flexibility index (Phi) is 4.35. The Morgan fingerprint density at radius 3 is 2.74 bits per heavy atom. The number of hydrogen-bond acceptors (Lipinski definition) is 1. The lowest BCUT2D eigenvalue weighted by Crippen LogP contribution is -2.44. The molecule has 1 unspecified atom stereocenters. The molecule has 0 saturated carbocycles. The first-order chi connectivity index (χ1) is 11.0. The van der Waals surface area contributed by atoms with Crippen molar-refractivity contribution in [1.82, 2.24) is 9.47 Å². The zero-order valence-corrected chi connectivity index (χ0v) is 14.5. The Morgan fingerprint density at radius 2 is 2.04 bits per heavy atom. The van der Waals surface area contributed by atoms with Gasteiger partial charge in [0.05, 0.1) is 16.8 Å². The maximum absolute atomic E-state index is 12.7. The SMILES string of the molecule is CCC1c2ccc(C)n2CCN1C(=O)Nc1ccc(C)cc1Cl. The van der Waals surface area contributed by atoms with Crippen molar-refractivity contribution < 1.29 is 4.79 Å². The van der Waals surface area contributed by atoms with Crippen molar-refractivity contribution in [3.05, 3.63) is 52.3 Å². The van der Waals surface area contributed by atoms with Crippen LogP contribution in [0.25, 0.3) is 0 Å². The maximum atomic E-state index is 12.7. The fraction of sp³-hybridized carbons (Fsp3) is 0.389. The van der Waals surface area contributed by atoms with Crippen LogP contribution in [0.5, 0.6) is 0 Å². The summed E-state index contributed by atoms with van der Waals surface area (Å²) in [6, 6.07) is 9.92. The van der Waals surface area contributed by atoms with Crippen molar-refractivity contribution in [3.63, 3.8) is 0 Å². The number of carbonyl (C=O) groups is 1. The van der Waals surface area contributed by atoms with E-state index in [-0.39, 0.29) is 12.1 Å². The van der Waals surface area contributed by atoms with Crippen LogP contribution in [0.1, 0.15) is 36.3 Å². The highest BCUT2D eigenvalue weighted by molar-refractivity contribution is 6.33. The monoisotopic (exact) mass is 331 g/mol. The van der Waals surface area contributed by atoms with Crippen LogP contribution in [-0.4, -0.2) is 22.0 Å². The lowest BCUT2D eigenvalue weighted by Gasteiger charge is -2.37. The number of carbonyl (C=O) groups excluding carboxylic acids is 1. The van der Waals surface area contributed by atoms with Gasteiger partial charge in [0, 0.05) is 24.5 Å². The summed E-state index contributed by atoms with van der Waals surface area (Å²) in [5.74, 6) is 0. The molecule has 3 rings (SSSR count). The minimum Gasteiger partial charge on any atom is -0.345 e. The fourth-order valence-corrected chi connectivity index (χ4v) is 3.57. The van der Waals surface area contributed by atoms with E-state index in [4.69, 9.17) is 11.6 Å². The van der Waals surface area contributed by atoms with Crippen LogP contribution in [0.3, 0.4) is 0 Å². The third kappa shape index (κ3) is 2.95. The molecule has 122 valence electrons. The molecule has 2 amide bonds. The molecule has 0 saturated heterocycles. The molecule has 23 heavy (non-hydrogen) atoms. The van der Waals surface area contributed by atoms with E-state index in [1.807, 2.05) is 30.0 Å². The molecule has 5 heteroatoms. The molecular formula is C18H22ClN3O. The zero-order chi connectivity index (χ0) is 16.6. The Balaban J connectivity index is 1.82. The minimum absolute atomic E-state index is 0.0901. The quantitative estimate of drug-likeness (QED) is 0.846. The van der Waals surface area contributed by atoms with Gasteiger partial charge in [-0.3, -0.25) is 0 Å². The summed E-state index contributed by atoms with van der Waals surface area (Å²) in [4.78, 5) is 14.6. The van der Waals surface area contributed by atoms with E-state index in [2.05, 4.69) is 35.9 Å². The average molecular weight is 332 g/mol. The van der Waals surface area contributed by atoms with Crippen molar-refractivity contribution >= 4 is 23.3 Å². The number of urea groups is 1. The molecule has 2 heterocycles. The first kappa shape index (κ1) is 15.9. The number of fused-ring (bicyclic) bond motifs is 1. The molecule has 1 aliphatic heterocycles. The molecule has 0 fully saturated rings. The smallest absolute Gasteiger partial charge is 0.322 e. The van der Waals surface area contributed by atoms with Crippen molar-refractivity contribution in [1.29, 1.82) is 0 Å². The number of aromatic nitrogens is 1. The molecule has 0 radical (unpaired) electrons. The van der Waals surface area contributed by atoms with Gasteiger partial charge in [-0.2, -0.15) is 0 Å². The highest BCUT2D eigenvalue weighted by atomic mass is 35.5. The Labute approximate surface area is 142 Å². The summed E-state index contributed by atoms with van der Waals surface area (Å²) in [7, 11) is 0. The molecule has 1 atom stereocenters. The summed E-state index contributed by atoms with van der Waals surface area (Å²) in [6.45, 7) is 7.74. The van der Waals surface area contributed by atoms with E-state index in [1.54, 1.807) is 0 Å². The number of amides is 2. The van der Waals surface area contributed by atoms with Crippen LogP contribution < -0.4 is 5.32 Å². The van der Waals surface area contributed by atoms with Crippen LogP contribution >= 0.6 is 11.6 Å². The lowest BCUT2D eigenvalue weighted by atomic mass is 10.1. The van der Waals surface area contributed by atoms with Gasteiger partial charge in [0.25, 0.3) is 0 Å². The second kappa shape index (κ2) is 6.28. The van der Waals surface area contributed by atoms with Gasteiger partial charge in [0.2, 0.25) is 0 Å². The van der Waals surface area contributed by atoms with Gasteiger partial charge < -0.3 is 14.8 Å². The van der Waals surface area contributed by atoms with Gasteiger partial charge in [0.1, 0.15) is 0 Å². The van der Waals surface area contributed by atoms with Crippen LogP contribution in [0.2, 0.25) is 5.02 Å². The van der Waals surface area contributed by atoms with Crippen LogP contribution in [0, 0.1) is 13.8 Å². The fourth-order valence-electron chi connectivity index (χ4n) is 3.29. The van der Waals surface area contributed by atoms with Crippen LogP contribution in [0.4, 0.5) is 10.5 Å². The Hall–Kier alpha value is -1.94. The number of benzene rings is 1. The van der Waals surface area contributed by atoms with E-state index in [0.717, 1.165) is 18.5 Å². The third-order valence-corrected chi connectivity index (χ3v) is 4.84. The predicted octanol–water partition coefficient (Wildman–Crippen LogP) is 4.76. The van der Waals surface area contributed by atoms with E-state index >= 15 is 0 Å². The average Bonchev–Trinajstić information content (AvgIpc) is 2.90. The number of hydrogen-bond donors (Lipinski definition) is 1. The van der Waals surface area contributed by atoms with E-state index in [9.17, 15) is 4.79 Å². The molecular weight excluding hydrogens is 310 g/mol. The second-order valence-corrected chi connectivity index (χ2v) is 6.49. The second-order valence-electron chi connectivity index (χ2n) is 6.08. The van der Waals surface area contributed by atoms with Gasteiger partial charge in [-0.15, -0.1) is 0 Å². The normalized spacial score (nSPS) is 17.0. The largest absolute Gasteiger partial charge is 0.345 e. The molecule has 1 N–H and O–H groups in total. The van der Waals surface area contributed by atoms with Crippen molar-refractivity contribution in [2.45, 2.75) is 39.8 Å². The summed E-state index contributed by atoms with van der Waals surface area (Å²) in [5.41, 5.74) is 4.20. The molecule has 0 bridgehead atoms. The molecule has 1 aromatic heterocycles. The summed E-state index contributed by atoms with van der Waals surface area (Å²) < 4.78 is 2.30. The molecule has 1 aromatic carbocycles. The molecule has 4 nitrogen and oxygen atoms in total. The molecule has 0 aliphatic carbocycles. The number of nitrogens with zero attached hydrogens (tertiary/aromatic N) is 2. The number of anilines is 1. The van der Waals surface area contributed by atoms with Gasteiger partial charge in [-0.1, -0.05) is 24.6 Å². The Morgan fingerprint density at radius 1 is 1.26 bits per heavy atom. The van der Waals surface area contributed by atoms with Gasteiger partial charge in [-0.25, -0.2) is 4.79 Å². The molecule has 2 aromatic rings. The maximum Gasteiger partial charge on any atom is 0.322 e. The number of nitrogens with one attached hydrogen (secondary N) is 1. The number of aryl methyl sites for hydroxylation is 2. The molecule has 1 aliphatic rings. The van der Waals surface area contributed by atoms with Gasteiger partial charge >= 0.3 is 6.03 Å². The summed E-state index contributed by atoms with van der Waals surface area (Å²) in [6.07, 6.45) is 0.887. The van der Waals surface area contributed by atoms with Gasteiger partial charge in [-0.05, 0) is 50.1 Å².